The van der Waals surface area contributed by atoms with Gasteiger partial charge < -0.3 is 9.64 Å². The van der Waals surface area contributed by atoms with E-state index in [-0.39, 0.29) is 5.41 Å². The predicted molar refractivity (Wildman–Crippen MR) is 112 cm³/mol. The Morgan fingerprint density at radius 2 is 1.81 bits per heavy atom. The number of ether oxygens (including phenoxy) is 1. The number of benzene rings is 2. The highest BCUT2D eigenvalue weighted by molar-refractivity contribution is 5.64. The van der Waals surface area contributed by atoms with Crippen LogP contribution < -0.4 is 4.74 Å². The highest BCUT2D eigenvalue weighted by atomic mass is 16.5. The fourth-order valence-electron chi connectivity index (χ4n) is 2.72. The fourth-order valence-corrected chi connectivity index (χ4v) is 2.72. The SMILES string of the molecule is CCN(C)/C=N/c1cc(C)c(Oc2cccc(CC(C)(C)C)c2)cc1C. The normalized spacial score (nSPS) is 11.8. The lowest BCUT2D eigenvalue weighted by atomic mass is 9.88. The lowest BCUT2D eigenvalue weighted by Gasteiger charge is -2.19. The third kappa shape index (κ3) is 5.91. The Hall–Kier alpha value is -2.29. The van der Waals surface area contributed by atoms with E-state index in [1.807, 2.05) is 19.5 Å². The summed E-state index contributed by atoms with van der Waals surface area (Å²) in [4.78, 5) is 6.64. The average Bonchev–Trinajstić information content (AvgIpc) is 2.55. The Labute approximate surface area is 158 Å². The van der Waals surface area contributed by atoms with Gasteiger partial charge in [-0.15, -0.1) is 0 Å². The highest BCUT2D eigenvalue weighted by Crippen LogP contribution is 2.32. The number of aryl methyl sites for hydroxylation is 2. The number of hydrogen-bond donors (Lipinski definition) is 0. The molecule has 2 aromatic rings. The van der Waals surface area contributed by atoms with E-state index >= 15 is 0 Å². The second kappa shape index (κ2) is 8.39. The van der Waals surface area contributed by atoms with E-state index < -0.39 is 0 Å². The van der Waals surface area contributed by atoms with E-state index in [9.17, 15) is 0 Å². The van der Waals surface area contributed by atoms with E-state index in [0.717, 1.165) is 41.3 Å². The minimum atomic E-state index is 0.260. The van der Waals surface area contributed by atoms with Crippen molar-refractivity contribution in [2.45, 2.75) is 48.0 Å². The Bertz CT molecular complexity index is 772. The molecule has 0 bridgehead atoms. The van der Waals surface area contributed by atoms with Crippen LogP contribution in [0, 0.1) is 19.3 Å². The topological polar surface area (TPSA) is 24.8 Å². The van der Waals surface area contributed by atoms with Crippen LogP contribution in [0.1, 0.15) is 44.4 Å². The minimum absolute atomic E-state index is 0.260. The van der Waals surface area contributed by atoms with Crippen LogP contribution in [0.3, 0.4) is 0 Å². The standard InChI is InChI=1S/C23H32N2O/c1-8-25(7)16-24-21-12-18(3)22(13-17(21)2)26-20-11-9-10-19(14-20)15-23(4,5)6/h9-14,16H,8,15H2,1-7H3/b24-16+. The maximum Gasteiger partial charge on any atom is 0.130 e. The van der Waals surface area contributed by atoms with Crippen LogP contribution in [0.2, 0.25) is 0 Å². The summed E-state index contributed by atoms with van der Waals surface area (Å²) >= 11 is 0. The van der Waals surface area contributed by atoms with Crippen LogP contribution in [0.5, 0.6) is 11.5 Å². The first-order valence-electron chi connectivity index (χ1n) is 9.30. The van der Waals surface area contributed by atoms with Gasteiger partial charge in [0.2, 0.25) is 0 Å². The summed E-state index contributed by atoms with van der Waals surface area (Å²) in [6, 6.07) is 12.6. The molecule has 2 rings (SSSR count). The molecule has 0 aliphatic heterocycles. The van der Waals surface area contributed by atoms with Gasteiger partial charge in [-0.1, -0.05) is 32.9 Å². The van der Waals surface area contributed by atoms with Crippen LogP contribution in [0.15, 0.2) is 41.4 Å². The van der Waals surface area contributed by atoms with Gasteiger partial charge in [-0.25, -0.2) is 4.99 Å². The van der Waals surface area contributed by atoms with Gasteiger partial charge >= 0.3 is 0 Å². The summed E-state index contributed by atoms with van der Waals surface area (Å²) in [5.74, 6) is 1.77. The fraction of sp³-hybridized carbons (Fsp3) is 0.435. The van der Waals surface area contributed by atoms with Crippen molar-refractivity contribution in [3.63, 3.8) is 0 Å². The van der Waals surface area contributed by atoms with Gasteiger partial charge in [0.25, 0.3) is 0 Å². The molecule has 0 aliphatic rings. The molecule has 0 N–H and O–H groups in total. The molecule has 0 aromatic heterocycles. The highest BCUT2D eigenvalue weighted by Gasteiger charge is 2.12. The molecule has 0 aliphatic carbocycles. The Kier molecular flexibility index (Phi) is 6.47. The predicted octanol–water partition coefficient (Wildman–Crippen LogP) is 6.30. The quantitative estimate of drug-likeness (QED) is 0.450. The smallest absolute Gasteiger partial charge is 0.130 e. The molecule has 0 radical (unpaired) electrons. The zero-order valence-corrected chi connectivity index (χ0v) is 17.3. The molecule has 0 amide bonds. The monoisotopic (exact) mass is 352 g/mol. The summed E-state index contributed by atoms with van der Waals surface area (Å²) in [5, 5.41) is 0. The van der Waals surface area contributed by atoms with Crippen molar-refractivity contribution in [3.05, 3.63) is 53.1 Å². The molecule has 0 saturated heterocycles. The maximum absolute atomic E-state index is 6.18. The van der Waals surface area contributed by atoms with Crippen molar-refractivity contribution in [3.8, 4) is 11.5 Å². The number of nitrogens with zero attached hydrogens (tertiary/aromatic N) is 2. The van der Waals surface area contributed by atoms with Crippen LogP contribution in [-0.4, -0.2) is 24.8 Å². The molecule has 26 heavy (non-hydrogen) atoms. The van der Waals surface area contributed by atoms with Crippen molar-refractivity contribution in [2.24, 2.45) is 10.4 Å². The van der Waals surface area contributed by atoms with Crippen molar-refractivity contribution in [2.75, 3.05) is 13.6 Å². The molecule has 2 aromatic carbocycles. The van der Waals surface area contributed by atoms with Gasteiger partial charge in [0.15, 0.2) is 0 Å². The van der Waals surface area contributed by atoms with Gasteiger partial charge in [0, 0.05) is 13.6 Å². The first-order chi connectivity index (χ1) is 12.2. The summed E-state index contributed by atoms with van der Waals surface area (Å²) in [7, 11) is 2.02. The largest absolute Gasteiger partial charge is 0.457 e. The third-order valence-electron chi connectivity index (χ3n) is 4.25. The molecule has 0 heterocycles. The van der Waals surface area contributed by atoms with E-state index in [0.29, 0.717) is 0 Å². The molecule has 0 unspecified atom stereocenters. The van der Waals surface area contributed by atoms with Crippen molar-refractivity contribution >= 4 is 12.0 Å². The summed E-state index contributed by atoms with van der Waals surface area (Å²) in [5.41, 5.74) is 4.74. The third-order valence-corrected chi connectivity index (χ3v) is 4.25. The number of hydrogen-bond acceptors (Lipinski definition) is 2. The summed E-state index contributed by atoms with van der Waals surface area (Å²) in [6.45, 7) is 13.9. The molecule has 3 heteroatoms. The van der Waals surface area contributed by atoms with Crippen LogP contribution >= 0.6 is 0 Å². The van der Waals surface area contributed by atoms with Crippen molar-refractivity contribution in [1.29, 1.82) is 0 Å². The lowest BCUT2D eigenvalue weighted by Crippen LogP contribution is -2.14. The molecule has 140 valence electrons. The molecule has 0 saturated carbocycles. The molecule has 0 spiro atoms. The second-order valence-corrected chi connectivity index (χ2v) is 8.21. The number of rotatable bonds is 6. The van der Waals surface area contributed by atoms with Crippen molar-refractivity contribution < 1.29 is 4.74 Å². The Balaban J connectivity index is 2.21. The van der Waals surface area contributed by atoms with Crippen molar-refractivity contribution in [1.82, 2.24) is 4.90 Å². The van der Waals surface area contributed by atoms with Gasteiger partial charge in [-0.05, 0) is 73.6 Å². The van der Waals surface area contributed by atoms with E-state index in [1.165, 1.54) is 5.56 Å². The molecule has 0 fully saturated rings. The molecule has 3 nitrogen and oxygen atoms in total. The Morgan fingerprint density at radius 1 is 1.08 bits per heavy atom. The first-order valence-corrected chi connectivity index (χ1v) is 9.30. The van der Waals surface area contributed by atoms with E-state index in [1.54, 1.807) is 0 Å². The average molecular weight is 353 g/mol. The van der Waals surface area contributed by atoms with Gasteiger partial charge in [-0.3, -0.25) is 0 Å². The van der Waals surface area contributed by atoms with E-state index in [4.69, 9.17) is 4.74 Å². The minimum Gasteiger partial charge on any atom is -0.457 e. The summed E-state index contributed by atoms with van der Waals surface area (Å²) in [6.07, 6.45) is 2.90. The zero-order valence-electron chi connectivity index (χ0n) is 17.3. The first kappa shape index (κ1) is 20.0. The molecular formula is C23H32N2O. The lowest BCUT2D eigenvalue weighted by molar-refractivity contribution is 0.409. The second-order valence-electron chi connectivity index (χ2n) is 8.21. The van der Waals surface area contributed by atoms with Crippen LogP contribution in [0.25, 0.3) is 0 Å². The van der Waals surface area contributed by atoms with E-state index in [2.05, 4.69) is 81.8 Å². The summed E-state index contributed by atoms with van der Waals surface area (Å²) < 4.78 is 6.18. The van der Waals surface area contributed by atoms with Gasteiger partial charge in [0.1, 0.15) is 11.5 Å². The molecular weight excluding hydrogens is 320 g/mol. The van der Waals surface area contributed by atoms with Crippen LogP contribution in [-0.2, 0) is 6.42 Å². The van der Waals surface area contributed by atoms with Gasteiger partial charge in [-0.2, -0.15) is 0 Å². The zero-order chi connectivity index (χ0) is 19.3. The van der Waals surface area contributed by atoms with Gasteiger partial charge in [0.05, 0.1) is 12.0 Å². The van der Waals surface area contributed by atoms with Crippen LogP contribution in [0.4, 0.5) is 5.69 Å². The molecule has 0 atom stereocenters. The number of aliphatic imine (C=N–C) groups is 1. The maximum atomic E-state index is 6.18. The Morgan fingerprint density at radius 3 is 2.46 bits per heavy atom.